The summed E-state index contributed by atoms with van der Waals surface area (Å²) in [5.74, 6) is 0.628. The van der Waals surface area contributed by atoms with Gasteiger partial charge in [-0.15, -0.1) is 0 Å². The number of aromatic nitrogens is 6. The van der Waals surface area contributed by atoms with Gasteiger partial charge in [-0.05, 0) is 32.0 Å². The Hall–Kier alpha value is -3.41. The molecule has 0 aliphatic rings. The van der Waals surface area contributed by atoms with Gasteiger partial charge in [-0.25, -0.2) is 18.2 Å². The van der Waals surface area contributed by atoms with E-state index in [0.29, 0.717) is 16.9 Å². The largest absolute Gasteiger partial charge is 0.328 e. The maximum absolute atomic E-state index is 12.9. The highest BCUT2D eigenvalue weighted by atomic mass is 32.2. The average molecular weight is 403 g/mol. The van der Waals surface area contributed by atoms with E-state index in [0.717, 1.165) is 4.52 Å². The first-order valence-electron chi connectivity index (χ1n) is 8.24. The maximum Gasteiger partial charge on any atom is 0.328 e. The number of fused-ring (bicyclic) bond motifs is 2. The standard InChI is InChI=1S/C16H17N7O4S/c1-8-13(14(24)23-15(17-8)18-9(2)19-23)20-28(26,27)10-5-6-11-12(7-10)22(4)16(25)21(11)3/h5-7,20H,1-4H3,(H,17,18,19). The number of hydrogen-bond acceptors (Lipinski definition) is 6. The number of anilines is 1. The summed E-state index contributed by atoms with van der Waals surface area (Å²) in [5.41, 5.74) is 0.201. The van der Waals surface area contributed by atoms with E-state index < -0.39 is 15.6 Å². The molecule has 0 atom stereocenters. The Balaban J connectivity index is 1.85. The van der Waals surface area contributed by atoms with E-state index in [1.54, 1.807) is 27.1 Å². The summed E-state index contributed by atoms with van der Waals surface area (Å²) in [6.45, 7) is 3.18. The quantitative estimate of drug-likeness (QED) is 0.495. The molecule has 0 amide bonds. The molecule has 146 valence electrons. The summed E-state index contributed by atoms with van der Waals surface area (Å²) in [6, 6.07) is 4.31. The van der Waals surface area contributed by atoms with Crippen molar-refractivity contribution in [2.75, 3.05) is 4.72 Å². The fraction of sp³-hybridized carbons (Fsp3) is 0.250. The summed E-state index contributed by atoms with van der Waals surface area (Å²) in [7, 11) is -0.929. The van der Waals surface area contributed by atoms with Crippen molar-refractivity contribution >= 4 is 32.5 Å². The molecule has 0 aliphatic carbocycles. The Morgan fingerprint density at radius 3 is 2.43 bits per heavy atom. The lowest BCUT2D eigenvalue weighted by Gasteiger charge is -2.10. The molecule has 4 aromatic rings. The van der Waals surface area contributed by atoms with Crippen LogP contribution in [0.4, 0.5) is 5.69 Å². The molecular weight excluding hydrogens is 386 g/mol. The number of hydrogen-bond donors (Lipinski definition) is 2. The van der Waals surface area contributed by atoms with Crippen molar-refractivity contribution in [1.29, 1.82) is 0 Å². The molecule has 0 aliphatic heterocycles. The van der Waals surface area contributed by atoms with Crippen LogP contribution < -0.4 is 16.0 Å². The van der Waals surface area contributed by atoms with Crippen molar-refractivity contribution in [1.82, 2.24) is 28.7 Å². The average Bonchev–Trinajstić information content (AvgIpc) is 3.11. The molecule has 0 spiro atoms. The van der Waals surface area contributed by atoms with Crippen molar-refractivity contribution in [3.8, 4) is 0 Å². The highest BCUT2D eigenvalue weighted by Gasteiger charge is 2.21. The van der Waals surface area contributed by atoms with Crippen LogP contribution in [0.1, 0.15) is 11.5 Å². The molecule has 1 aromatic carbocycles. The Morgan fingerprint density at radius 1 is 1.04 bits per heavy atom. The van der Waals surface area contributed by atoms with Crippen molar-refractivity contribution in [2.45, 2.75) is 18.7 Å². The minimum absolute atomic E-state index is 0.0779. The van der Waals surface area contributed by atoms with Crippen molar-refractivity contribution in [2.24, 2.45) is 14.1 Å². The lowest BCUT2D eigenvalue weighted by atomic mass is 10.3. The van der Waals surface area contributed by atoms with E-state index in [1.807, 2.05) is 0 Å². The molecule has 0 saturated heterocycles. The molecule has 2 N–H and O–H groups in total. The van der Waals surface area contributed by atoms with E-state index in [4.69, 9.17) is 0 Å². The summed E-state index contributed by atoms with van der Waals surface area (Å²) >= 11 is 0. The Bertz CT molecular complexity index is 1490. The number of imidazole rings is 1. The van der Waals surface area contributed by atoms with Gasteiger partial charge in [-0.3, -0.25) is 23.7 Å². The van der Waals surface area contributed by atoms with Crippen LogP contribution in [-0.4, -0.2) is 37.1 Å². The predicted molar refractivity (Wildman–Crippen MR) is 102 cm³/mol. The number of aromatic amines is 1. The zero-order valence-electron chi connectivity index (χ0n) is 15.5. The summed E-state index contributed by atoms with van der Waals surface area (Å²) in [4.78, 5) is 32.9. The first-order chi connectivity index (χ1) is 13.1. The van der Waals surface area contributed by atoms with Crippen LogP contribution in [0.5, 0.6) is 0 Å². The predicted octanol–water partition coefficient (Wildman–Crippen LogP) is 0.0256. The Kier molecular flexibility index (Phi) is 3.72. The number of sulfonamides is 1. The highest BCUT2D eigenvalue weighted by Crippen LogP contribution is 2.20. The van der Waals surface area contributed by atoms with Crippen LogP contribution in [0.15, 0.2) is 32.7 Å². The molecule has 3 heterocycles. The van der Waals surface area contributed by atoms with E-state index in [9.17, 15) is 18.0 Å². The van der Waals surface area contributed by atoms with Crippen molar-refractivity contribution < 1.29 is 8.42 Å². The second kappa shape index (κ2) is 5.79. The van der Waals surface area contributed by atoms with Gasteiger partial charge in [0.2, 0.25) is 0 Å². The van der Waals surface area contributed by atoms with Gasteiger partial charge in [0.15, 0.2) is 0 Å². The Labute approximate surface area is 158 Å². The zero-order chi connectivity index (χ0) is 20.4. The molecular formula is C16H17N7O4S. The van der Waals surface area contributed by atoms with Gasteiger partial charge in [0.05, 0.1) is 21.6 Å². The van der Waals surface area contributed by atoms with E-state index >= 15 is 0 Å². The van der Waals surface area contributed by atoms with Crippen LogP contribution in [0.25, 0.3) is 16.8 Å². The number of H-pyrrole nitrogens is 1. The second-order valence-electron chi connectivity index (χ2n) is 6.48. The lowest BCUT2D eigenvalue weighted by molar-refractivity contribution is 0.601. The number of nitrogens with one attached hydrogen (secondary N) is 2. The first kappa shape index (κ1) is 18.0. The van der Waals surface area contributed by atoms with Gasteiger partial charge in [-0.2, -0.15) is 9.50 Å². The molecule has 12 heteroatoms. The summed E-state index contributed by atoms with van der Waals surface area (Å²) in [6.07, 6.45) is 0. The fourth-order valence-corrected chi connectivity index (χ4v) is 4.23. The smallest absolute Gasteiger partial charge is 0.295 e. The number of nitrogens with zero attached hydrogens (tertiary/aromatic N) is 5. The SMILES string of the molecule is Cc1nc2nc(C)c(NS(=O)(=O)c3ccc4c(c3)n(C)c(=O)n4C)c(=O)n2[nH]1. The fourth-order valence-electron chi connectivity index (χ4n) is 3.09. The molecule has 3 aromatic heterocycles. The molecule has 0 unspecified atom stereocenters. The molecule has 4 rings (SSSR count). The van der Waals surface area contributed by atoms with Gasteiger partial charge in [0.1, 0.15) is 11.5 Å². The van der Waals surface area contributed by atoms with E-state index in [1.165, 1.54) is 28.2 Å². The molecule has 0 fully saturated rings. The zero-order valence-corrected chi connectivity index (χ0v) is 16.3. The topological polar surface area (TPSA) is 136 Å². The monoisotopic (exact) mass is 403 g/mol. The van der Waals surface area contributed by atoms with Crippen molar-refractivity contribution in [3.63, 3.8) is 0 Å². The maximum atomic E-state index is 12.9. The van der Waals surface area contributed by atoms with Crippen LogP contribution in [0.2, 0.25) is 0 Å². The van der Waals surface area contributed by atoms with Crippen LogP contribution in [-0.2, 0) is 24.1 Å². The van der Waals surface area contributed by atoms with E-state index in [-0.39, 0.29) is 27.7 Å². The number of rotatable bonds is 3. The third-order valence-electron chi connectivity index (χ3n) is 4.58. The first-order valence-corrected chi connectivity index (χ1v) is 9.73. The van der Waals surface area contributed by atoms with Crippen molar-refractivity contribution in [3.05, 3.63) is 50.6 Å². The van der Waals surface area contributed by atoms with Gasteiger partial charge in [-0.1, -0.05) is 0 Å². The minimum atomic E-state index is -4.09. The second-order valence-corrected chi connectivity index (χ2v) is 8.16. The van der Waals surface area contributed by atoms with Gasteiger partial charge in [0, 0.05) is 14.1 Å². The molecule has 0 saturated carbocycles. The summed E-state index contributed by atoms with van der Waals surface area (Å²) < 4.78 is 31.9. The van der Waals surface area contributed by atoms with Crippen LogP contribution >= 0.6 is 0 Å². The summed E-state index contributed by atoms with van der Waals surface area (Å²) in [5, 5.41) is 2.72. The normalized spacial score (nSPS) is 12.1. The molecule has 0 bridgehead atoms. The number of benzene rings is 1. The third kappa shape index (κ3) is 2.52. The van der Waals surface area contributed by atoms with E-state index in [2.05, 4.69) is 19.8 Å². The Morgan fingerprint density at radius 2 is 1.71 bits per heavy atom. The van der Waals surface area contributed by atoms with Gasteiger partial charge >= 0.3 is 5.69 Å². The third-order valence-corrected chi connectivity index (χ3v) is 5.93. The van der Waals surface area contributed by atoms with Gasteiger partial charge in [0.25, 0.3) is 21.4 Å². The van der Waals surface area contributed by atoms with Crippen LogP contribution in [0, 0.1) is 13.8 Å². The van der Waals surface area contributed by atoms with Gasteiger partial charge < -0.3 is 0 Å². The molecule has 28 heavy (non-hydrogen) atoms. The van der Waals surface area contributed by atoms with Crippen LogP contribution in [0.3, 0.4) is 0 Å². The molecule has 0 radical (unpaired) electrons. The lowest BCUT2D eigenvalue weighted by Crippen LogP contribution is -2.25. The number of aryl methyl sites for hydroxylation is 4. The minimum Gasteiger partial charge on any atom is -0.295 e. The highest BCUT2D eigenvalue weighted by molar-refractivity contribution is 7.92. The molecule has 11 nitrogen and oxygen atoms in total.